The van der Waals surface area contributed by atoms with Gasteiger partial charge in [-0.25, -0.2) is 0 Å². The lowest BCUT2D eigenvalue weighted by molar-refractivity contribution is -0.120. The molecule has 0 aliphatic heterocycles. The molecule has 0 bridgehead atoms. The van der Waals surface area contributed by atoms with Gasteiger partial charge in [-0.1, -0.05) is 12.8 Å². The van der Waals surface area contributed by atoms with Crippen molar-refractivity contribution in [3.8, 4) is 0 Å². The van der Waals surface area contributed by atoms with Crippen LogP contribution in [0.3, 0.4) is 0 Å². The molecule has 1 aromatic heterocycles. The quantitative estimate of drug-likeness (QED) is 0.848. The lowest BCUT2D eigenvalue weighted by Crippen LogP contribution is -2.39. The van der Waals surface area contributed by atoms with Crippen LogP contribution in [-0.4, -0.2) is 16.9 Å². The molecule has 0 radical (unpaired) electrons. The van der Waals surface area contributed by atoms with Crippen molar-refractivity contribution in [1.29, 1.82) is 0 Å². The molecule has 98 valence electrons. The Bertz CT molecular complexity index is 447. The Balaban J connectivity index is 2.20. The largest absolute Gasteiger partial charge is 0.368 e. The van der Waals surface area contributed by atoms with Crippen LogP contribution in [0, 0.1) is 0 Å². The average molecular weight is 377 g/mol. The Morgan fingerprint density at radius 3 is 2.67 bits per heavy atom. The van der Waals surface area contributed by atoms with E-state index in [0.29, 0.717) is 11.7 Å². The molecular formula is C12H15Br2N3O. The van der Waals surface area contributed by atoms with E-state index >= 15 is 0 Å². The van der Waals surface area contributed by atoms with Gasteiger partial charge in [-0.3, -0.25) is 15.1 Å². The van der Waals surface area contributed by atoms with Gasteiger partial charge in [0.25, 0.3) is 0 Å². The zero-order chi connectivity index (χ0) is 13.1. The van der Waals surface area contributed by atoms with E-state index in [4.69, 9.17) is 5.73 Å². The van der Waals surface area contributed by atoms with E-state index in [1.807, 2.05) is 6.07 Å². The fourth-order valence-electron chi connectivity index (χ4n) is 2.26. The minimum atomic E-state index is -0.532. The molecule has 6 heteroatoms. The number of carbonyl (C=O) groups is 1. The first kappa shape index (κ1) is 14.0. The monoisotopic (exact) mass is 375 g/mol. The normalized spacial score (nSPS) is 17.9. The van der Waals surface area contributed by atoms with Crippen LogP contribution in [0.1, 0.15) is 37.4 Å². The van der Waals surface area contributed by atoms with Crippen LogP contribution in [0.4, 0.5) is 0 Å². The van der Waals surface area contributed by atoms with Crippen LogP contribution in [0.5, 0.6) is 0 Å². The summed E-state index contributed by atoms with van der Waals surface area (Å²) in [6.45, 7) is 0. The SMILES string of the molecule is NC(=O)C(NC1CCCC1)c1ncc(Br)cc1Br. The summed E-state index contributed by atoms with van der Waals surface area (Å²) in [4.78, 5) is 15.9. The van der Waals surface area contributed by atoms with Gasteiger partial charge in [0.05, 0.1) is 5.69 Å². The van der Waals surface area contributed by atoms with Crippen LogP contribution in [-0.2, 0) is 4.79 Å². The molecule has 3 N–H and O–H groups in total. The van der Waals surface area contributed by atoms with Gasteiger partial charge in [0, 0.05) is 21.2 Å². The maximum absolute atomic E-state index is 11.6. The molecule has 1 atom stereocenters. The van der Waals surface area contributed by atoms with Crippen molar-refractivity contribution in [2.24, 2.45) is 5.73 Å². The number of nitrogens with one attached hydrogen (secondary N) is 1. The predicted molar refractivity (Wildman–Crippen MR) is 77.0 cm³/mol. The van der Waals surface area contributed by atoms with E-state index in [-0.39, 0.29) is 0 Å². The minimum Gasteiger partial charge on any atom is -0.368 e. The van der Waals surface area contributed by atoms with Crippen LogP contribution in [0.25, 0.3) is 0 Å². The third kappa shape index (κ3) is 3.30. The van der Waals surface area contributed by atoms with E-state index in [2.05, 4.69) is 42.2 Å². The summed E-state index contributed by atoms with van der Waals surface area (Å²) in [5, 5.41) is 3.31. The molecule has 1 aliphatic rings. The molecule has 0 aromatic carbocycles. The molecule has 1 aliphatic carbocycles. The first-order valence-corrected chi connectivity index (χ1v) is 7.53. The molecule has 0 saturated heterocycles. The van der Waals surface area contributed by atoms with E-state index in [1.54, 1.807) is 6.20 Å². The molecule has 4 nitrogen and oxygen atoms in total. The van der Waals surface area contributed by atoms with Crippen molar-refractivity contribution in [3.05, 3.63) is 26.9 Å². The number of amides is 1. The number of halogens is 2. The number of primary amides is 1. The maximum atomic E-state index is 11.6. The van der Waals surface area contributed by atoms with E-state index in [1.165, 1.54) is 12.8 Å². The van der Waals surface area contributed by atoms with Gasteiger partial charge in [0.15, 0.2) is 0 Å². The van der Waals surface area contributed by atoms with Crippen molar-refractivity contribution in [1.82, 2.24) is 10.3 Å². The molecule has 1 unspecified atom stereocenters. The number of rotatable bonds is 4. The molecule has 1 fully saturated rings. The van der Waals surface area contributed by atoms with Gasteiger partial charge < -0.3 is 5.73 Å². The topological polar surface area (TPSA) is 68.0 Å². The van der Waals surface area contributed by atoms with Crippen LogP contribution in [0.2, 0.25) is 0 Å². The third-order valence-corrected chi connectivity index (χ3v) is 4.22. The fraction of sp³-hybridized carbons (Fsp3) is 0.500. The van der Waals surface area contributed by atoms with E-state index in [0.717, 1.165) is 21.8 Å². The van der Waals surface area contributed by atoms with Crippen LogP contribution >= 0.6 is 31.9 Å². The standard InChI is InChI=1S/C12H15Br2N3O/c13-7-5-9(14)10(16-6-7)11(12(15)18)17-8-3-1-2-4-8/h5-6,8,11,17H,1-4H2,(H2,15,18). The predicted octanol–water partition coefficient (Wildman–Crippen LogP) is 2.67. The smallest absolute Gasteiger partial charge is 0.240 e. The van der Waals surface area contributed by atoms with Gasteiger partial charge in [0.2, 0.25) is 5.91 Å². The molecular weight excluding hydrogens is 362 g/mol. The second kappa shape index (κ2) is 6.12. The Morgan fingerprint density at radius 1 is 1.44 bits per heavy atom. The number of nitrogens with zero attached hydrogens (tertiary/aromatic N) is 1. The van der Waals surface area contributed by atoms with Crippen molar-refractivity contribution < 1.29 is 4.79 Å². The highest BCUT2D eigenvalue weighted by molar-refractivity contribution is 9.11. The van der Waals surface area contributed by atoms with Crippen molar-refractivity contribution in [3.63, 3.8) is 0 Å². The lowest BCUT2D eigenvalue weighted by atomic mass is 10.1. The number of hydrogen-bond donors (Lipinski definition) is 2. The Hall–Kier alpha value is -0.460. The third-order valence-electron chi connectivity index (χ3n) is 3.15. The van der Waals surface area contributed by atoms with Gasteiger partial charge in [-0.05, 0) is 50.8 Å². The minimum absolute atomic E-state index is 0.361. The van der Waals surface area contributed by atoms with Gasteiger partial charge in [0.1, 0.15) is 6.04 Å². The highest BCUT2D eigenvalue weighted by atomic mass is 79.9. The molecule has 1 heterocycles. The second-order valence-electron chi connectivity index (χ2n) is 4.50. The average Bonchev–Trinajstić information content (AvgIpc) is 2.79. The summed E-state index contributed by atoms with van der Waals surface area (Å²) in [5.74, 6) is -0.391. The summed E-state index contributed by atoms with van der Waals surface area (Å²) in [6.07, 6.45) is 6.28. The first-order valence-electron chi connectivity index (χ1n) is 5.94. The Labute approximate surface area is 123 Å². The number of pyridine rings is 1. The molecule has 0 spiro atoms. The Morgan fingerprint density at radius 2 is 2.11 bits per heavy atom. The molecule has 18 heavy (non-hydrogen) atoms. The summed E-state index contributed by atoms with van der Waals surface area (Å²) in [5.41, 5.74) is 6.13. The Kier molecular flexibility index (Phi) is 4.75. The highest BCUT2D eigenvalue weighted by Crippen LogP contribution is 2.27. The zero-order valence-electron chi connectivity index (χ0n) is 9.83. The van der Waals surface area contributed by atoms with Gasteiger partial charge in [-0.15, -0.1) is 0 Å². The van der Waals surface area contributed by atoms with Crippen molar-refractivity contribution >= 4 is 37.8 Å². The van der Waals surface area contributed by atoms with Crippen molar-refractivity contribution in [2.45, 2.75) is 37.8 Å². The summed E-state index contributed by atoms with van der Waals surface area (Å²) in [7, 11) is 0. The zero-order valence-corrected chi connectivity index (χ0v) is 13.0. The van der Waals surface area contributed by atoms with Crippen LogP contribution in [0.15, 0.2) is 21.2 Å². The molecule has 1 saturated carbocycles. The molecule has 2 rings (SSSR count). The molecule has 1 aromatic rings. The van der Waals surface area contributed by atoms with Gasteiger partial charge in [-0.2, -0.15) is 0 Å². The number of nitrogens with two attached hydrogens (primary N) is 1. The number of aromatic nitrogens is 1. The first-order chi connectivity index (χ1) is 8.58. The lowest BCUT2D eigenvalue weighted by Gasteiger charge is -2.20. The highest BCUT2D eigenvalue weighted by Gasteiger charge is 2.26. The number of carbonyl (C=O) groups excluding carboxylic acids is 1. The number of hydrogen-bond acceptors (Lipinski definition) is 3. The second-order valence-corrected chi connectivity index (χ2v) is 6.27. The summed E-state index contributed by atoms with van der Waals surface area (Å²) in [6, 6.07) is 1.70. The summed E-state index contributed by atoms with van der Waals surface area (Å²) >= 11 is 6.77. The maximum Gasteiger partial charge on any atom is 0.240 e. The van der Waals surface area contributed by atoms with Gasteiger partial charge >= 0.3 is 0 Å². The fourth-order valence-corrected chi connectivity index (χ4v) is 3.48. The molecule has 1 amide bonds. The van der Waals surface area contributed by atoms with E-state index < -0.39 is 11.9 Å². The van der Waals surface area contributed by atoms with E-state index in [9.17, 15) is 4.79 Å². The summed E-state index contributed by atoms with van der Waals surface area (Å²) < 4.78 is 1.65. The van der Waals surface area contributed by atoms with Crippen LogP contribution < -0.4 is 11.1 Å². The van der Waals surface area contributed by atoms with Crippen molar-refractivity contribution in [2.75, 3.05) is 0 Å².